The van der Waals surface area contributed by atoms with Crippen LogP contribution in [0.1, 0.15) is 38.7 Å². The van der Waals surface area contributed by atoms with E-state index in [1.807, 2.05) is 6.07 Å². The zero-order valence-electron chi connectivity index (χ0n) is 9.25. The fourth-order valence-corrected chi connectivity index (χ4v) is 1.41. The van der Waals surface area contributed by atoms with Crippen molar-refractivity contribution in [1.82, 2.24) is 0 Å². The fourth-order valence-electron chi connectivity index (χ4n) is 1.41. The molecule has 0 unspecified atom stereocenters. The molecule has 0 bridgehead atoms. The molecule has 0 saturated carbocycles. The van der Waals surface area contributed by atoms with E-state index in [0.717, 1.165) is 25.2 Å². The molecule has 78 valence electrons. The maximum absolute atomic E-state index is 5.63. The lowest BCUT2D eigenvalue weighted by Gasteiger charge is -2.06. The molecule has 0 atom stereocenters. The van der Waals surface area contributed by atoms with Crippen LogP contribution in [-0.2, 0) is 6.42 Å². The minimum Gasteiger partial charge on any atom is -0.494 e. The lowest BCUT2D eigenvalue weighted by atomic mass is 10.1. The predicted octanol–water partition coefficient (Wildman–Crippen LogP) is 3.82. The molecular weight excluding hydrogens is 172 g/mol. The van der Waals surface area contributed by atoms with Gasteiger partial charge in [-0.1, -0.05) is 38.8 Å². The number of aryl methyl sites for hydroxylation is 1. The molecule has 1 nitrogen and oxygen atoms in total. The van der Waals surface area contributed by atoms with Crippen LogP contribution in [0.3, 0.4) is 0 Å². The third kappa shape index (κ3) is 3.82. The van der Waals surface area contributed by atoms with Gasteiger partial charge in [0.1, 0.15) is 5.75 Å². The van der Waals surface area contributed by atoms with Gasteiger partial charge in [0.2, 0.25) is 0 Å². The second kappa shape index (κ2) is 6.47. The zero-order chi connectivity index (χ0) is 10.2. The van der Waals surface area contributed by atoms with Crippen LogP contribution in [0, 0.1) is 0 Å². The molecule has 0 saturated heterocycles. The van der Waals surface area contributed by atoms with Gasteiger partial charge in [-0.3, -0.25) is 0 Å². The first-order valence-corrected chi connectivity index (χ1v) is 5.58. The normalized spacial score (nSPS) is 10.1. The summed E-state index contributed by atoms with van der Waals surface area (Å²) in [5.74, 6) is 1.02. The van der Waals surface area contributed by atoms with Gasteiger partial charge in [0, 0.05) is 0 Å². The summed E-state index contributed by atoms with van der Waals surface area (Å²) in [6.45, 7) is 5.22. The second-order valence-electron chi connectivity index (χ2n) is 3.60. The Hall–Kier alpha value is -0.980. The second-order valence-corrected chi connectivity index (χ2v) is 3.60. The molecule has 0 N–H and O–H groups in total. The zero-order valence-corrected chi connectivity index (χ0v) is 9.25. The van der Waals surface area contributed by atoms with Gasteiger partial charge in [-0.25, -0.2) is 0 Å². The largest absolute Gasteiger partial charge is 0.494 e. The lowest BCUT2D eigenvalue weighted by molar-refractivity contribution is 0.309. The van der Waals surface area contributed by atoms with Crippen LogP contribution < -0.4 is 4.74 Å². The highest BCUT2D eigenvalue weighted by Crippen LogP contribution is 2.14. The first kappa shape index (κ1) is 11.1. The Morgan fingerprint density at radius 3 is 2.71 bits per heavy atom. The van der Waals surface area contributed by atoms with Crippen molar-refractivity contribution in [1.29, 1.82) is 0 Å². The number of hydrogen-bond acceptors (Lipinski definition) is 1. The average molecular weight is 192 g/mol. The molecule has 0 aliphatic carbocycles. The summed E-state index contributed by atoms with van der Waals surface area (Å²) in [7, 11) is 0. The Morgan fingerprint density at radius 2 is 2.00 bits per heavy atom. The highest BCUT2D eigenvalue weighted by Gasteiger charge is 1.95. The molecule has 0 amide bonds. The molecule has 14 heavy (non-hydrogen) atoms. The van der Waals surface area contributed by atoms with Crippen LogP contribution in [0.15, 0.2) is 24.3 Å². The van der Waals surface area contributed by atoms with Crippen molar-refractivity contribution >= 4 is 0 Å². The summed E-state index contributed by atoms with van der Waals surface area (Å²) in [5.41, 5.74) is 1.38. The SMILES string of the molecule is CCCCOc1cccc(CCC)c1. The summed E-state index contributed by atoms with van der Waals surface area (Å²) in [6, 6.07) is 8.43. The molecule has 0 spiro atoms. The monoisotopic (exact) mass is 192 g/mol. The topological polar surface area (TPSA) is 9.23 Å². The van der Waals surface area contributed by atoms with Gasteiger partial charge in [-0.2, -0.15) is 0 Å². The van der Waals surface area contributed by atoms with Crippen LogP contribution in [0.2, 0.25) is 0 Å². The summed E-state index contributed by atoms with van der Waals surface area (Å²) in [4.78, 5) is 0. The third-order valence-corrected chi connectivity index (χ3v) is 2.20. The Balaban J connectivity index is 2.46. The van der Waals surface area contributed by atoms with E-state index in [-0.39, 0.29) is 0 Å². The first-order chi connectivity index (χ1) is 6.86. The average Bonchev–Trinajstić information content (AvgIpc) is 2.19. The van der Waals surface area contributed by atoms with E-state index in [9.17, 15) is 0 Å². The van der Waals surface area contributed by atoms with Crippen molar-refractivity contribution in [2.45, 2.75) is 39.5 Å². The van der Waals surface area contributed by atoms with E-state index in [2.05, 4.69) is 32.0 Å². The van der Waals surface area contributed by atoms with Crippen molar-refractivity contribution in [2.24, 2.45) is 0 Å². The van der Waals surface area contributed by atoms with Crippen LogP contribution in [0.5, 0.6) is 5.75 Å². The molecule has 0 heterocycles. The summed E-state index contributed by atoms with van der Waals surface area (Å²) >= 11 is 0. The Morgan fingerprint density at radius 1 is 1.14 bits per heavy atom. The Bertz CT molecular complexity index is 255. The number of benzene rings is 1. The van der Waals surface area contributed by atoms with Gasteiger partial charge in [0.05, 0.1) is 6.61 Å². The van der Waals surface area contributed by atoms with Gasteiger partial charge < -0.3 is 4.74 Å². The van der Waals surface area contributed by atoms with Crippen molar-refractivity contribution in [3.8, 4) is 5.75 Å². The molecule has 0 fully saturated rings. The quantitative estimate of drug-likeness (QED) is 0.623. The maximum Gasteiger partial charge on any atom is 0.119 e. The predicted molar refractivity (Wildman–Crippen MR) is 60.8 cm³/mol. The highest BCUT2D eigenvalue weighted by atomic mass is 16.5. The number of hydrogen-bond donors (Lipinski definition) is 0. The maximum atomic E-state index is 5.63. The molecule has 0 aliphatic rings. The molecule has 1 aromatic rings. The van der Waals surface area contributed by atoms with Gasteiger partial charge in [0.15, 0.2) is 0 Å². The van der Waals surface area contributed by atoms with E-state index >= 15 is 0 Å². The van der Waals surface area contributed by atoms with E-state index in [1.54, 1.807) is 0 Å². The molecule has 1 aromatic carbocycles. The smallest absolute Gasteiger partial charge is 0.119 e. The minimum absolute atomic E-state index is 0.839. The van der Waals surface area contributed by atoms with E-state index in [0.29, 0.717) is 0 Å². The van der Waals surface area contributed by atoms with Crippen LogP contribution >= 0.6 is 0 Å². The molecule has 1 heteroatoms. The number of rotatable bonds is 6. The van der Waals surface area contributed by atoms with Crippen molar-refractivity contribution < 1.29 is 4.74 Å². The van der Waals surface area contributed by atoms with E-state index in [4.69, 9.17) is 4.74 Å². The Kier molecular flexibility index (Phi) is 5.13. The van der Waals surface area contributed by atoms with Gasteiger partial charge in [0.25, 0.3) is 0 Å². The van der Waals surface area contributed by atoms with E-state index in [1.165, 1.54) is 18.4 Å². The van der Waals surface area contributed by atoms with Gasteiger partial charge >= 0.3 is 0 Å². The lowest BCUT2D eigenvalue weighted by Crippen LogP contribution is -1.96. The van der Waals surface area contributed by atoms with Crippen molar-refractivity contribution in [2.75, 3.05) is 6.61 Å². The first-order valence-electron chi connectivity index (χ1n) is 5.58. The number of unbranched alkanes of at least 4 members (excludes halogenated alkanes) is 1. The van der Waals surface area contributed by atoms with Crippen LogP contribution in [0.25, 0.3) is 0 Å². The van der Waals surface area contributed by atoms with Gasteiger partial charge in [-0.05, 0) is 30.5 Å². The summed E-state index contributed by atoms with van der Waals surface area (Å²) < 4.78 is 5.63. The fraction of sp³-hybridized carbons (Fsp3) is 0.538. The van der Waals surface area contributed by atoms with Crippen molar-refractivity contribution in [3.05, 3.63) is 29.8 Å². The summed E-state index contributed by atoms with van der Waals surface area (Å²) in [5, 5.41) is 0. The molecular formula is C13H20O. The highest BCUT2D eigenvalue weighted by molar-refractivity contribution is 5.28. The summed E-state index contributed by atoms with van der Waals surface area (Å²) in [6.07, 6.45) is 4.66. The van der Waals surface area contributed by atoms with Crippen molar-refractivity contribution in [3.63, 3.8) is 0 Å². The van der Waals surface area contributed by atoms with E-state index < -0.39 is 0 Å². The standard InChI is InChI=1S/C13H20O/c1-3-5-10-14-13-9-6-8-12(11-13)7-4-2/h6,8-9,11H,3-5,7,10H2,1-2H3. The molecule has 0 radical (unpaired) electrons. The van der Waals surface area contributed by atoms with Crippen LogP contribution in [-0.4, -0.2) is 6.61 Å². The minimum atomic E-state index is 0.839. The molecule has 1 rings (SSSR count). The van der Waals surface area contributed by atoms with Crippen LogP contribution in [0.4, 0.5) is 0 Å². The number of ether oxygens (including phenoxy) is 1. The molecule has 0 aliphatic heterocycles. The third-order valence-electron chi connectivity index (χ3n) is 2.20. The van der Waals surface area contributed by atoms with Gasteiger partial charge in [-0.15, -0.1) is 0 Å². The Labute approximate surface area is 87.1 Å². The molecule has 0 aromatic heterocycles.